The third-order valence-corrected chi connectivity index (χ3v) is 4.57. The summed E-state index contributed by atoms with van der Waals surface area (Å²) in [4.78, 5) is 10.1. The van der Waals surface area contributed by atoms with Gasteiger partial charge in [0, 0.05) is 18.5 Å². The molecule has 2 N–H and O–H groups in total. The monoisotopic (exact) mass is 429 g/mol. The molecular formula is C19H26F3N5OS. The van der Waals surface area contributed by atoms with Gasteiger partial charge in [-0.25, -0.2) is 9.98 Å². The number of hydrogen-bond acceptors (Lipinski definition) is 5. The van der Waals surface area contributed by atoms with E-state index in [1.807, 2.05) is 50.2 Å². The van der Waals surface area contributed by atoms with Crippen molar-refractivity contribution in [3.8, 4) is 5.75 Å². The molecule has 0 aliphatic heterocycles. The number of alkyl halides is 3. The van der Waals surface area contributed by atoms with E-state index in [9.17, 15) is 13.2 Å². The highest BCUT2D eigenvalue weighted by molar-refractivity contribution is 7.09. The number of aliphatic imine (C=N–C) groups is 1. The Morgan fingerprint density at radius 2 is 2.07 bits per heavy atom. The molecule has 0 radical (unpaired) electrons. The molecule has 0 saturated heterocycles. The van der Waals surface area contributed by atoms with Gasteiger partial charge in [-0.05, 0) is 38.7 Å². The summed E-state index contributed by atoms with van der Waals surface area (Å²) in [5, 5.41) is 7.46. The molecule has 0 atom stereocenters. The van der Waals surface area contributed by atoms with Gasteiger partial charge in [-0.3, -0.25) is 0 Å². The van der Waals surface area contributed by atoms with E-state index in [-0.39, 0.29) is 6.54 Å². The third kappa shape index (κ3) is 8.28. The number of aromatic nitrogens is 1. The summed E-state index contributed by atoms with van der Waals surface area (Å²) in [5.74, 6) is 1.29. The number of guanidine groups is 1. The summed E-state index contributed by atoms with van der Waals surface area (Å²) in [6.45, 7) is 4.54. The zero-order chi connectivity index (χ0) is 21.3. The zero-order valence-corrected chi connectivity index (χ0v) is 17.5. The second kappa shape index (κ2) is 11.0. The normalized spacial score (nSPS) is 12.3. The smallest absolute Gasteiger partial charge is 0.434 e. The van der Waals surface area contributed by atoms with Gasteiger partial charge in [0.25, 0.3) is 0 Å². The molecule has 1 aromatic carbocycles. The molecule has 29 heavy (non-hydrogen) atoms. The van der Waals surface area contributed by atoms with Crippen molar-refractivity contribution in [1.29, 1.82) is 0 Å². The molecule has 0 spiro atoms. The Morgan fingerprint density at radius 3 is 2.72 bits per heavy atom. The van der Waals surface area contributed by atoms with Crippen LogP contribution in [0.1, 0.15) is 23.2 Å². The molecule has 0 amide bonds. The largest absolute Gasteiger partial charge is 0.492 e. The standard InChI is InChI=1S/C19H26F3N5OS/c1-4-23-18(25-12-17-26-16(13-29-17)19(20,21)22)24-11-14-6-5-7-15(10-14)28-9-8-27(2)3/h5-7,10,13H,4,8-9,11-12H2,1-3H3,(H2,23,24,25). The number of nitrogens with one attached hydrogen (secondary N) is 2. The minimum Gasteiger partial charge on any atom is -0.492 e. The molecule has 0 bridgehead atoms. The Morgan fingerprint density at radius 1 is 1.28 bits per heavy atom. The lowest BCUT2D eigenvalue weighted by atomic mass is 10.2. The minimum absolute atomic E-state index is 0.167. The molecule has 0 aliphatic carbocycles. The fraction of sp³-hybridized carbons (Fsp3) is 0.474. The van der Waals surface area contributed by atoms with E-state index in [4.69, 9.17) is 4.74 Å². The van der Waals surface area contributed by atoms with Crippen molar-refractivity contribution in [2.75, 3.05) is 33.8 Å². The Hall–Kier alpha value is -2.33. The molecular weight excluding hydrogens is 403 g/mol. The van der Waals surface area contributed by atoms with Gasteiger partial charge in [0.15, 0.2) is 11.7 Å². The van der Waals surface area contributed by atoms with Gasteiger partial charge in [-0.15, -0.1) is 11.3 Å². The van der Waals surface area contributed by atoms with Crippen LogP contribution in [0.4, 0.5) is 13.2 Å². The summed E-state index contributed by atoms with van der Waals surface area (Å²) in [7, 11) is 3.97. The Bertz CT molecular complexity index is 792. The van der Waals surface area contributed by atoms with Crippen molar-refractivity contribution in [2.45, 2.75) is 26.2 Å². The Balaban J connectivity index is 1.94. The van der Waals surface area contributed by atoms with Crippen LogP contribution in [0.5, 0.6) is 5.75 Å². The molecule has 0 unspecified atom stereocenters. The average Bonchev–Trinajstić information content (AvgIpc) is 3.14. The van der Waals surface area contributed by atoms with Crippen molar-refractivity contribution in [3.63, 3.8) is 0 Å². The Kier molecular flexibility index (Phi) is 8.71. The number of nitrogens with zero attached hydrogens (tertiary/aromatic N) is 3. The number of benzene rings is 1. The maximum absolute atomic E-state index is 12.7. The molecule has 2 rings (SSSR count). The van der Waals surface area contributed by atoms with Gasteiger partial charge in [0.05, 0.1) is 13.1 Å². The van der Waals surface area contributed by atoms with Crippen molar-refractivity contribution in [2.24, 2.45) is 4.99 Å². The molecule has 10 heteroatoms. The van der Waals surface area contributed by atoms with Gasteiger partial charge in [-0.1, -0.05) is 12.1 Å². The van der Waals surface area contributed by atoms with Crippen LogP contribution in [-0.2, 0) is 19.3 Å². The summed E-state index contributed by atoms with van der Waals surface area (Å²) < 4.78 is 43.7. The van der Waals surface area contributed by atoms with Gasteiger partial charge >= 0.3 is 6.18 Å². The molecule has 2 aromatic rings. The summed E-state index contributed by atoms with van der Waals surface area (Å²) in [6, 6.07) is 7.68. The van der Waals surface area contributed by atoms with E-state index in [1.54, 1.807) is 0 Å². The van der Waals surface area contributed by atoms with Crippen LogP contribution >= 0.6 is 11.3 Å². The van der Waals surface area contributed by atoms with E-state index >= 15 is 0 Å². The lowest BCUT2D eigenvalue weighted by Crippen LogP contribution is -2.36. The van der Waals surface area contributed by atoms with Crippen molar-refractivity contribution >= 4 is 17.3 Å². The van der Waals surface area contributed by atoms with Gasteiger partial charge in [-0.2, -0.15) is 13.2 Å². The molecule has 160 valence electrons. The van der Waals surface area contributed by atoms with Crippen LogP contribution in [0, 0.1) is 0 Å². The number of likely N-dealkylation sites (N-methyl/N-ethyl adjacent to an activating group) is 1. The third-order valence-electron chi connectivity index (χ3n) is 3.72. The highest BCUT2D eigenvalue weighted by Crippen LogP contribution is 2.29. The van der Waals surface area contributed by atoms with Crippen LogP contribution < -0.4 is 15.4 Å². The van der Waals surface area contributed by atoms with Gasteiger partial charge in [0.1, 0.15) is 17.4 Å². The van der Waals surface area contributed by atoms with E-state index in [2.05, 4.69) is 20.6 Å². The second-order valence-electron chi connectivity index (χ2n) is 6.47. The molecule has 6 nitrogen and oxygen atoms in total. The van der Waals surface area contributed by atoms with Gasteiger partial charge < -0.3 is 20.3 Å². The lowest BCUT2D eigenvalue weighted by molar-refractivity contribution is -0.140. The first kappa shape index (κ1) is 23.0. The molecule has 0 aliphatic rings. The Labute approximate surface area is 172 Å². The quantitative estimate of drug-likeness (QED) is 0.473. The predicted molar refractivity (Wildman–Crippen MR) is 109 cm³/mol. The number of halogens is 3. The van der Waals surface area contributed by atoms with Crippen molar-refractivity contribution in [3.05, 3.63) is 45.9 Å². The SMILES string of the molecule is CCNC(=NCc1cccc(OCCN(C)C)c1)NCc1nc(C(F)(F)F)cs1. The van der Waals surface area contributed by atoms with Crippen molar-refractivity contribution < 1.29 is 17.9 Å². The minimum atomic E-state index is -4.42. The maximum atomic E-state index is 12.7. The van der Waals surface area contributed by atoms with E-state index in [0.29, 0.717) is 30.7 Å². The first-order chi connectivity index (χ1) is 13.8. The fourth-order valence-corrected chi connectivity index (χ4v) is 3.01. The molecule has 1 heterocycles. The zero-order valence-electron chi connectivity index (χ0n) is 16.7. The van der Waals surface area contributed by atoms with Crippen LogP contribution in [0.25, 0.3) is 0 Å². The number of thiazole rings is 1. The van der Waals surface area contributed by atoms with Crippen LogP contribution in [0.3, 0.4) is 0 Å². The molecule has 1 aromatic heterocycles. The average molecular weight is 430 g/mol. The van der Waals surface area contributed by atoms with E-state index in [1.165, 1.54) is 0 Å². The van der Waals surface area contributed by atoms with E-state index in [0.717, 1.165) is 34.6 Å². The highest BCUT2D eigenvalue weighted by atomic mass is 32.1. The topological polar surface area (TPSA) is 61.8 Å². The van der Waals surface area contributed by atoms with Crippen LogP contribution in [0.2, 0.25) is 0 Å². The number of rotatable bonds is 9. The highest BCUT2D eigenvalue weighted by Gasteiger charge is 2.33. The second-order valence-corrected chi connectivity index (χ2v) is 7.41. The molecule has 0 fully saturated rings. The lowest BCUT2D eigenvalue weighted by Gasteiger charge is -2.12. The number of hydrogen-bond donors (Lipinski definition) is 2. The first-order valence-corrected chi connectivity index (χ1v) is 10.1. The predicted octanol–water partition coefficient (Wildman–Crippen LogP) is 3.36. The number of ether oxygens (including phenoxy) is 1. The van der Waals surface area contributed by atoms with Gasteiger partial charge in [0.2, 0.25) is 0 Å². The summed E-state index contributed by atoms with van der Waals surface area (Å²) in [5.41, 5.74) is 0.102. The summed E-state index contributed by atoms with van der Waals surface area (Å²) in [6.07, 6.45) is -4.42. The molecule has 0 saturated carbocycles. The van der Waals surface area contributed by atoms with E-state index < -0.39 is 11.9 Å². The first-order valence-electron chi connectivity index (χ1n) is 9.18. The van der Waals surface area contributed by atoms with Crippen LogP contribution in [-0.4, -0.2) is 49.6 Å². The fourth-order valence-electron chi connectivity index (χ4n) is 2.27. The summed E-state index contributed by atoms with van der Waals surface area (Å²) >= 11 is 0.966. The maximum Gasteiger partial charge on any atom is 0.434 e. The van der Waals surface area contributed by atoms with Crippen molar-refractivity contribution in [1.82, 2.24) is 20.5 Å². The van der Waals surface area contributed by atoms with Crippen LogP contribution in [0.15, 0.2) is 34.6 Å².